The van der Waals surface area contributed by atoms with Crippen molar-refractivity contribution in [2.45, 2.75) is 39.7 Å². The monoisotopic (exact) mass is 264 g/mol. The van der Waals surface area contributed by atoms with Crippen LogP contribution >= 0.6 is 0 Å². The van der Waals surface area contributed by atoms with Crippen LogP contribution in [-0.4, -0.2) is 46.3 Å². The molecule has 19 heavy (non-hydrogen) atoms. The van der Waals surface area contributed by atoms with E-state index in [0.29, 0.717) is 6.04 Å². The van der Waals surface area contributed by atoms with Gasteiger partial charge in [0.25, 0.3) is 5.91 Å². The third-order valence-electron chi connectivity index (χ3n) is 4.00. The summed E-state index contributed by atoms with van der Waals surface area (Å²) in [5, 5.41) is 7.78. The zero-order chi connectivity index (χ0) is 14.0. The van der Waals surface area contributed by atoms with E-state index < -0.39 is 0 Å². The second-order valence-electron chi connectivity index (χ2n) is 5.29. The molecule has 2 rings (SSSR count). The molecule has 1 aromatic heterocycles. The largest absolute Gasteiger partial charge is 0.338 e. The Morgan fingerprint density at radius 3 is 2.47 bits per heavy atom. The van der Waals surface area contributed by atoms with E-state index in [2.05, 4.69) is 17.3 Å². The average Bonchev–Trinajstić information content (AvgIpc) is 2.64. The zero-order valence-electron chi connectivity index (χ0n) is 12.4. The van der Waals surface area contributed by atoms with E-state index >= 15 is 0 Å². The topological polar surface area (TPSA) is 50.2 Å². The minimum absolute atomic E-state index is 0.137. The Morgan fingerprint density at radius 2 is 2.00 bits per heavy atom. The number of piperidine rings is 1. The first-order valence-corrected chi connectivity index (χ1v) is 7.07. The van der Waals surface area contributed by atoms with Gasteiger partial charge in [-0.3, -0.25) is 9.48 Å². The van der Waals surface area contributed by atoms with Gasteiger partial charge in [-0.05, 0) is 33.2 Å². The van der Waals surface area contributed by atoms with E-state index in [1.54, 1.807) is 4.68 Å². The molecule has 1 saturated heterocycles. The van der Waals surface area contributed by atoms with Gasteiger partial charge < -0.3 is 10.2 Å². The molecular formula is C14H24N4O. The first-order valence-electron chi connectivity index (χ1n) is 7.07. The molecule has 0 aromatic carbocycles. The Bertz CT molecular complexity index is 458. The fourth-order valence-corrected chi connectivity index (χ4v) is 2.82. The first-order chi connectivity index (χ1) is 9.04. The van der Waals surface area contributed by atoms with Crippen LogP contribution in [0, 0.1) is 13.8 Å². The maximum Gasteiger partial charge on any atom is 0.257 e. The number of nitrogens with one attached hydrogen (secondary N) is 1. The van der Waals surface area contributed by atoms with Crippen molar-refractivity contribution in [1.29, 1.82) is 0 Å². The van der Waals surface area contributed by atoms with Gasteiger partial charge in [0, 0.05) is 31.9 Å². The van der Waals surface area contributed by atoms with Crippen molar-refractivity contribution >= 4 is 5.91 Å². The lowest BCUT2D eigenvalue weighted by molar-refractivity contribution is 0.0704. The predicted octanol–water partition coefficient (Wildman–Crippen LogP) is 1.25. The van der Waals surface area contributed by atoms with Gasteiger partial charge in [-0.2, -0.15) is 5.10 Å². The molecule has 0 aliphatic carbocycles. The van der Waals surface area contributed by atoms with Crippen LogP contribution in [0.5, 0.6) is 0 Å². The maximum absolute atomic E-state index is 12.6. The highest BCUT2D eigenvalue weighted by Crippen LogP contribution is 2.18. The molecular weight excluding hydrogens is 240 g/mol. The summed E-state index contributed by atoms with van der Waals surface area (Å²) >= 11 is 0. The molecule has 0 unspecified atom stereocenters. The van der Waals surface area contributed by atoms with E-state index in [0.717, 1.165) is 49.4 Å². The van der Waals surface area contributed by atoms with Crippen LogP contribution in [0.15, 0.2) is 0 Å². The van der Waals surface area contributed by atoms with Crippen LogP contribution in [0.3, 0.4) is 0 Å². The van der Waals surface area contributed by atoms with Gasteiger partial charge in [-0.25, -0.2) is 0 Å². The zero-order valence-corrected chi connectivity index (χ0v) is 12.4. The van der Waals surface area contributed by atoms with Crippen molar-refractivity contribution in [3.05, 3.63) is 17.0 Å². The summed E-state index contributed by atoms with van der Waals surface area (Å²) in [7, 11) is 1.89. The Balaban J connectivity index is 2.05. The molecule has 1 N–H and O–H groups in total. The summed E-state index contributed by atoms with van der Waals surface area (Å²) in [5.74, 6) is 0.137. The predicted molar refractivity (Wildman–Crippen MR) is 75.3 cm³/mol. The standard InChI is InChI=1S/C14H24N4O/c1-5-15-12-6-8-18(9-7-12)14(19)13-10(2)16-17(4)11(13)3/h12,15H,5-9H2,1-4H3. The summed E-state index contributed by atoms with van der Waals surface area (Å²) in [4.78, 5) is 14.5. The number of aryl methyl sites for hydroxylation is 2. The maximum atomic E-state index is 12.6. The summed E-state index contributed by atoms with van der Waals surface area (Å²) in [6, 6.07) is 0.560. The summed E-state index contributed by atoms with van der Waals surface area (Å²) in [6.07, 6.45) is 2.08. The Morgan fingerprint density at radius 1 is 1.37 bits per heavy atom. The summed E-state index contributed by atoms with van der Waals surface area (Å²) in [6.45, 7) is 8.66. The quantitative estimate of drug-likeness (QED) is 0.894. The Hall–Kier alpha value is -1.36. The fourth-order valence-electron chi connectivity index (χ4n) is 2.82. The molecule has 2 heterocycles. The molecule has 5 nitrogen and oxygen atoms in total. The molecule has 0 bridgehead atoms. The lowest BCUT2D eigenvalue weighted by Crippen LogP contribution is -2.45. The minimum atomic E-state index is 0.137. The molecule has 1 amide bonds. The van der Waals surface area contributed by atoms with Gasteiger partial charge in [0.05, 0.1) is 11.3 Å². The van der Waals surface area contributed by atoms with Crippen molar-refractivity contribution in [2.75, 3.05) is 19.6 Å². The first kappa shape index (κ1) is 14.1. The third-order valence-corrected chi connectivity index (χ3v) is 4.00. The summed E-state index contributed by atoms with van der Waals surface area (Å²) < 4.78 is 1.79. The van der Waals surface area contributed by atoms with E-state index in [1.165, 1.54) is 0 Å². The highest BCUT2D eigenvalue weighted by Gasteiger charge is 2.26. The van der Waals surface area contributed by atoms with Crippen molar-refractivity contribution < 1.29 is 4.79 Å². The van der Waals surface area contributed by atoms with Crippen molar-refractivity contribution in [3.8, 4) is 0 Å². The normalized spacial score (nSPS) is 16.9. The van der Waals surface area contributed by atoms with Crippen molar-refractivity contribution in [2.24, 2.45) is 7.05 Å². The Kier molecular flexibility index (Phi) is 4.24. The number of aromatic nitrogens is 2. The number of likely N-dealkylation sites (tertiary alicyclic amines) is 1. The second-order valence-corrected chi connectivity index (χ2v) is 5.29. The lowest BCUT2D eigenvalue weighted by Gasteiger charge is -2.32. The van der Waals surface area contributed by atoms with Gasteiger partial charge in [0.2, 0.25) is 0 Å². The van der Waals surface area contributed by atoms with Crippen LogP contribution in [0.25, 0.3) is 0 Å². The van der Waals surface area contributed by atoms with Gasteiger partial charge in [-0.15, -0.1) is 0 Å². The van der Waals surface area contributed by atoms with Crippen LogP contribution < -0.4 is 5.32 Å². The molecule has 1 aromatic rings. The van der Waals surface area contributed by atoms with Crippen LogP contribution in [0.2, 0.25) is 0 Å². The number of hydrogen-bond acceptors (Lipinski definition) is 3. The van der Waals surface area contributed by atoms with E-state index in [1.807, 2.05) is 25.8 Å². The van der Waals surface area contributed by atoms with Crippen LogP contribution in [0.1, 0.15) is 41.5 Å². The number of rotatable bonds is 3. The molecule has 1 aliphatic rings. The molecule has 5 heteroatoms. The number of nitrogens with zero attached hydrogens (tertiary/aromatic N) is 3. The fraction of sp³-hybridized carbons (Fsp3) is 0.714. The molecule has 0 spiro atoms. The molecule has 0 saturated carbocycles. The van der Waals surface area contributed by atoms with E-state index in [9.17, 15) is 4.79 Å². The smallest absolute Gasteiger partial charge is 0.257 e. The molecule has 0 radical (unpaired) electrons. The third kappa shape index (κ3) is 2.81. The van der Waals surface area contributed by atoms with E-state index in [4.69, 9.17) is 0 Å². The van der Waals surface area contributed by atoms with Gasteiger partial charge in [0.15, 0.2) is 0 Å². The number of carbonyl (C=O) groups excluding carboxylic acids is 1. The van der Waals surface area contributed by atoms with Crippen LogP contribution in [0.4, 0.5) is 0 Å². The minimum Gasteiger partial charge on any atom is -0.338 e. The molecule has 0 atom stereocenters. The number of carbonyl (C=O) groups is 1. The highest BCUT2D eigenvalue weighted by molar-refractivity contribution is 5.96. The second kappa shape index (κ2) is 5.74. The highest BCUT2D eigenvalue weighted by atomic mass is 16.2. The number of hydrogen-bond donors (Lipinski definition) is 1. The molecule has 1 aliphatic heterocycles. The van der Waals surface area contributed by atoms with Gasteiger partial charge >= 0.3 is 0 Å². The van der Waals surface area contributed by atoms with Gasteiger partial charge in [-0.1, -0.05) is 6.92 Å². The Labute approximate surface area is 115 Å². The van der Waals surface area contributed by atoms with Crippen molar-refractivity contribution in [1.82, 2.24) is 20.0 Å². The van der Waals surface area contributed by atoms with E-state index in [-0.39, 0.29) is 5.91 Å². The van der Waals surface area contributed by atoms with Crippen LogP contribution in [-0.2, 0) is 7.05 Å². The lowest BCUT2D eigenvalue weighted by atomic mass is 10.0. The van der Waals surface area contributed by atoms with Gasteiger partial charge in [0.1, 0.15) is 0 Å². The SMILES string of the molecule is CCNC1CCN(C(=O)c2c(C)nn(C)c2C)CC1. The molecule has 106 valence electrons. The summed E-state index contributed by atoms with van der Waals surface area (Å²) in [5.41, 5.74) is 2.57. The average molecular weight is 264 g/mol. The molecule has 1 fully saturated rings. The number of amides is 1. The van der Waals surface area contributed by atoms with Crippen molar-refractivity contribution in [3.63, 3.8) is 0 Å².